The molecule has 1 N–H and O–H groups in total. The van der Waals surface area contributed by atoms with Crippen LogP contribution in [-0.2, 0) is 4.79 Å². The molecule has 3 aromatic rings. The Bertz CT molecular complexity index is 1220. The van der Waals surface area contributed by atoms with Crippen molar-refractivity contribution in [1.82, 2.24) is 0 Å². The summed E-state index contributed by atoms with van der Waals surface area (Å²) in [5.74, 6) is 0.162. The minimum absolute atomic E-state index is 0.00271. The summed E-state index contributed by atoms with van der Waals surface area (Å²) in [7, 11) is 1.49. The molecule has 5 nitrogen and oxygen atoms in total. The smallest absolute Gasteiger partial charge is 0.271 e. The topological polar surface area (TPSA) is 62.1 Å². The van der Waals surface area contributed by atoms with E-state index in [0.717, 1.165) is 22.5 Å². The highest BCUT2D eigenvalue weighted by atomic mass is 32.2. The van der Waals surface area contributed by atoms with E-state index in [4.69, 9.17) is 9.73 Å². The molecule has 1 fully saturated rings. The maximum Gasteiger partial charge on any atom is 0.271 e. The Hall–Kier alpha value is -3.51. The Labute approximate surface area is 185 Å². The van der Waals surface area contributed by atoms with Gasteiger partial charge in [0, 0.05) is 5.56 Å². The van der Waals surface area contributed by atoms with Crippen LogP contribution in [0.1, 0.15) is 16.7 Å². The van der Waals surface area contributed by atoms with Crippen molar-refractivity contribution in [1.29, 1.82) is 0 Å². The molecule has 0 saturated carbocycles. The number of aryl methyl sites for hydroxylation is 2. The average molecular weight is 431 g/mol. The molecule has 31 heavy (non-hydrogen) atoms. The number of carbonyl (C=O) groups excluding carboxylic acids is 1. The highest BCUT2D eigenvalue weighted by molar-refractivity contribution is 8.19. The Morgan fingerprint density at radius 3 is 2.42 bits per heavy atom. The first-order valence-corrected chi connectivity index (χ1v) is 10.6. The summed E-state index contributed by atoms with van der Waals surface area (Å²) in [4.78, 5) is 20.2. The van der Waals surface area contributed by atoms with Gasteiger partial charge in [0.25, 0.3) is 5.91 Å². The average Bonchev–Trinajstić information content (AvgIpc) is 3.04. The van der Waals surface area contributed by atoms with E-state index >= 15 is 0 Å². The van der Waals surface area contributed by atoms with Gasteiger partial charge in [0.05, 0.1) is 23.4 Å². The minimum Gasteiger partial charge on any atom is -0.504 e. The third-order valence-electron chi connectivity index (χ3n) is 4.83. The van der Waals surface area contributed by atoms with Gasteiger partial charge in [-0.15, -0.1) is 0 Å². The van der Waals surface area contributed by atoms with Gasteiger partial charge in [-0.05, 0) is 73.1 Å². The third-order valence-corrected chi connectivity index (χ3v) is 5.80. The molecular formula is C25H22N2O3S. The van der Waals surface area contributed by atoms with E-state index in [-0.39, 0.29) is 11.7 Å². The van der Waals surface area contributed by atoms with Crippen LogP contribution in [0.25, 0.3) is 6.08 Å². The fourth-order valence-electron chi connectivity index (χ4n) is 3.31. The lowest BCUT2D eigenvalue weighted by Crippen LogP contribution is -2.28. The van der Waals surface area contributed by atoms with Gasteiger partial charge in [-0.3, -0.25) is 9.69 Å². The second-order valence-electron chi connectivity index (χ2n) is 7.22. The Morgan fingerprint density at radius 1 is 1.00 bits per heavy atom. The van der Waals surface area contributed by atoms with Crippen molar-refractivity contribution in [3.63, 3.8) is 0 Å². The third kappa shape index (κ3) is 4.34. The minimum atomic E-state index is -0.191. The number of rotatable bonds is 4. The monoisotopic (exact) mass is 430 g/mol. The van der Waals surface area contributed by atoms with Crippen molar-refractivity contribution in [2.24, 2.45) is 4.99 Å². The van der Waals surface area contributed by atoms with Crippen molar-refractivity contribution in [3.05, 3.63) is 88.3 Å². The maximum absolute atomic E-state index is 13.4. The quantitative estimate of drug-likeness (QED) is 0.529. The maximum atomic E-state index is 13.4. The first kappa shape index (κ1) is 20.8. The molecule has 0 radical (unpaired) electrons. The van der Waals surface area contributed by atoms with E-state index in [2.05, 4.69) is 0 Å². The van der Waals surface area contributed by atoms with Gasteiger partial charge in [-0.1, -0.05) is 36.4 Å². The number of thioether (sulfide) groups is 1. The zero-order valence-electron chi connectivity index (χ0n) is 17.5. The number of phenolic OH excluding ortho intramolecular Hbond substituents is 1. The molecule has 0 unspecified atom stereocenters. The molecule has 1 aliphatic rings. The number of aromatic hydroxyl groups is 1. The SMILES string of the molecule is COc1cccc(/C=C2\SC(=Nc3cccc(C)c3)N(c3cccc(C)c3)C2=O)c1O. The van der Waals surface area contributed by atoms with Gasteiger partial charge < -0.3 is 9.84 Å². The van der Waals surface area contributed by atoms with Crippen LogP contribution < -0.4 is 9.64 Å². The van der Waals surface area contributed by atoms with E-state index in [1.807, 2.05) is 62.4 Å². The highest BCUT2D eigenvalue weighted by Gasteiger charge is 2.35. The number of hydrogen-bond donors (Lipinski definition) is 1. The molecule has 0 bridgehead atoms. The summed E-state index contributed by atoms with van der Waals surface area (Å²) in [6, 6.07) is 20.8. The van der Waals surface area contributed by atoms with Crippen LogP contribution in [0.5, 0.6) is 11.5 Å². The van der Waals surface area contributed by atoms with Gasteiger partial charge in [-0.2, -0.15) is 0 Å². The number of phenols is 1. The molecular weight excluding hydrogens is 408 g/mol. The van der Waals surface area contributed by atoms with Crippen LogP contribution in [0, 0.1) is 13.8 Å². The molecule has 1 saturated heterocycles. The Morgan fingerprint density at radius 2 is 1.71 bits per heavy atom. The number of para-hydroxylation sites is 1. The number of aliphatic imine (C=N–C) groups is 1. The van der Waals surface area contributed by atoms with Crippen molar-refractivity contribution < 1.29 is 14.6 Å². The van der Waals surface area contributed by atoms with E-state index in [0.29, 0.717) is 21.4 Å². The van der Waals surface area contributed by atoms with E-state index in [9.17, 15) is 9.90 Å². The predicted octanol–water partition coefficient (Wildman–Crippen LogP) is 5.83. The number of nitrogens with zero attached hydrogens (tertiary/aromatic N) is 2. The van der Waals surface area contributed by atoms with Crippen molar-refractivity contribution in [2.45, 2.75) is 13.8 Å². The second-order valence-corrected chi connectivity index (χ2v) is 8.23. The molecule has 0 aliphatic carbocycles. The normalized spacial score (nSPS) is 16.4. The number of anilines is 1. The van der Waals surface area contributed by atoms with Gasteiger partial charge in [0.1, 0.15) is 0 Å². The summed E-state index contributed by atoms with van der Waals surface area (Å²) in [6.45, 7) is 3.99. The summed E-state index contributed by atoms with van der Waals surface area (Å²) < 4.78 is 5.19. The van der Waals surface area contributed by atoms with Crippen molar-refractivity contribution in [2.75, 3.05) is 12.0 Å². The summed E-state index contributed by atoms with van der Waals surface area (Å²) in [5.41, 5.74) is 4.18. The summed E-state index contributed by atoms with van der Waals surface area (Å²) in [6.07, 6.45) is 1.67. The van der Waals surface area contributed by atoms with E-state index in [1.165, 1.54) is 18.9 Å². The van der Waals surface area contributed by atoms with Gasteiger partial charge in [-0.25, -0.2) is 4.99 Å². The molecule has 6 heteroatoms. The predicted molar refractivity (Wildman–Crippen MR) is 127 cm³/mol. The van der Waals surface area contributed by atoms with Crippen LogP contribution in [0.4, 0.5) is 11.4 Å². The molecule has 0 spiro atoms. The van der Waals surface area contributed by atoms with Gasteiger partial charge in [0.15, 0.2) is 16.7 Å². The fourth-order valence-corrected chi connectivity index (χ4v) is 4.31. The van der Waals surface area contributed by atoms with Gasteiger partial charge in [0.2, 0.25) is 0 Å². The summed E-state index contributed by atoms with van der Waals surface area (Å²) in [5, 5.41) is 11.0. The number of amidine groups is 1. The first-order valence-electron chi connectivity index (χ1n) is 9.78. The lowest BCUT2D eigenvalue weighted by atomic mass is 10.1. The molecule has 1 heterocycles. The Balaban J connectivity index is 1.81. The van der Waals surface area contributed by atoms with Crippen LogP contribution in [0.2, 0.25) is 0 Å². The van der Waals surface area contributed by atoms with Crippen molar-refractivity contribution in [3.8, 4) is 11.5 Å². The zero-order chi connectivity index (χ0) is 22.0. The number of methoxy groups -OCH3 is 1. The molecule has 1 aliphatic heterocycles. The largest absolute Gasteiger partial charge is 0.504 e. The molecule has 4 rings (SSSR count). The standard InChI is InChI=1S/C25H22N2O3S/c1-16-7-4-10-19(13-16)26-25-27(20-11-5-8-17(2)14-20)24(29)22(31-25)15-18-9-6-12-21(30-3)23(18)28/h4-15,28H,1-3H3/b22-15-,26-25?. The molecule has 156 valence electrons. The van der Waals surface area contributed by atoms with Crippen LogP contribution in [0.15, 0.2) is 76.6 Å². The fraction of sp³-hybridized carbons (Fsp3) is 0.120. The number of carbonyl (C=O) groups is 1. The number of amides is 1. The number of ether oxygens (including phenoxy) is 1. The summed E-state index contributed by atoms with van der Waals surface area (Å²) >= 11 is 1.28. The number of hydrogen-bond acceptors (Lipinski definition) is 5. The zero-order valence-corrected chi connectivity index (χ0v) is 18.3. The van der Waals surface area contributed by atoms with Crippen LogP contribution in [-0.4, -0.2) is 23.3 Å². The second kappa shape index (κ2) is 8.70. The lowest BCUT2D eigenvalue weighted by Gasteiger charge is -2.16. The first-order chi connectivity index (χ1) is 15.0. The van der Waals surface area contributed by atoms with Crippen molar-refractivity contribution >= 4 is 40.3 Å². The Kier molecular flexibility index (Phi) is 5.82. The number of benzene rings is 3. The van der Waals surface area contributed by atoms with Crippen LogP contribution >= 0.6 is 11.8 Å². The molecule has 0 atom stereocenters. The van der Waals surface area contributed by atoms with Gasteiger partial charge >= 0.3 is 0 Å². The molecule has 1 amide bonds. The lowest BCUT2D eigenvalue weighted by molar-refractivity contribution is -0.113. The highest BCUT2D eigenvalue weighted by Crippen LogP contribution is 2.39. The van der Waals surface area contributed by atoms with Crippen LogP contribution in [0.3, 0.4) is 0 Å². The van der Waals surface area contributed by atoms with E-state index < -0.39 is 0 Å². The molecule has 3 aromatic carbocycles. The van der Waals surface area contributed by atoms with E-state index in [1.54, 1.807) is 29.2 Å². The molecule has 0 aromatic heterocycles.